The molecule has 4 nitrogen and oxygen atoms in total. The first-order valence-electron chi connectivity index (χ1n) is 7.81. The fraction of sp³-hybridized carbons (Fsp3) is 0.158. The van der Waals surface area contributed by atoms with Crippen molar-refractivity contribution in [2.24, 2.45) is 0 Å². The zero-order valence-corrected chi connectivity index (χ0v) is 15.2. The van der Waals surface area contributed by atoms with Crippen molar-refractivity contribution in [3.8, 4) is 17.2 Å². The molecule has 0 saturated heterocycles. The fourth-order valence-corrected chi connectivity index (χ4v) is 4.02. The van der Waals surface area contributed by atoms with Gasteiger partial charge in [-0.1, -0.05) is 23.9 Å². The van der Waals surface area contributed by atoms with Crippen molar-refractivity contribution >= 4 is 23.5 Å². The minimum Gasteiger partial charge on any atom is -0.448 e. The van der Waals surface area contributed by atoms with E-state index in [-0.39, 0.29) is 0 Å². The number of benzene rings is 1. The normalized spacial score (nSPS) is 16.0. The first-order valence-corrected chi connectivity index (χ1v) is 9.98. The average molecular weight is 365 g/mol. The van der Waals surface area contributed by atoms with Gasteiger partial charge in [-0.05, 0) is 66.6 Å². The molecule has 124 valence electrons. The number of thioether (sulfide) groups is 2. The molecule has 1 aliphatic heterocycles. The zero-order valence-electron chi connectivity index (χ0n) is 13.5. The summed E-state index contributed by atoms with van der Waals surface area (Å²) in [5.74, 6) is 2.40. The van der Waals surface area contributed by atoms with Gasteiger partial charge in [0.25, 0.3) is 0 Å². The molecule has 0 fully saturated rings. The second-order valence-electron chi connectivity index (χ2n) is 5.37. The zero-order chi connectivity index (χ0) is 17.1. The van der Waals surface area contributed by atoms with Crippen molar-refractivity contribution in [2.75, 3.05) is 6.26 Å². The quantitative estimate of drug-likeness (QED) is 0.590. The first kappa shape index (κ1) is 16.1. The highest BCUT2D eigenvalue weighted by Gasteiger charge is 2.23. The smallest absolute Gasteiger partial charge is 0.195 e. The summed E-state index contributed by atoms with van der Waals surface area (Å²) in [5.41, 5.74) is 1.04. The molecule has 0 N–H and O–H groups in total. The highest BCUT2D eigenvalue weighted by Crippen LogP contribution is 2.39. The van der Waals surface area contributed by atoms with Crippen LogP contribution in [-0.2, 0) is 0 Å². The van der Waals surface area contributed by atoms with Crippen molar-refractivity contribution in [1.29, 1.82) is 0 Å². The molecule has 1 atom stereocenters. The summed E-state index contributed by atoms with van der Waals surface area (Å²) in [5, 5.41) is 12.1. The van der Waals surface area contributed by atoms with E-state index in [1.54, 1.807) is 29.6 Å². The van der Waals surface area contributed by atoms with Crippen LogP contribution >= 0.6 is 23.5 Å². The Morgan fingerprint density at radius 3 is 2.80 bits per heavy atom. The highest BCUT2D eigenvalue weighted by molar-refractivity contribution is 8.02. The van der Waals surface area contributed by atoms with Gasteiger partial charge in [0, 0.05) is 5.69 Å². The average Bonchev–Trinajstić information content (AvgIpc) is 3.32. The molecule has 4 rings (SSSR count). The van der Waals surface area contributed by atoms with Crippen molar-refractivity contribution in [1.82, 2.24) is 14.8 Å². The summed E-state index contributed by atoms with van der Waals surface area (Å²) in [6.45, 7) is 0. The fourth-order valence-electron chi connectivity index (χ4n) is 2.60. The van der Waals surface area contributed by atoms with Crippen molar-refractivity contribution in [3.05, 3.63) is 71.9 Å². The van der Waals surface area contributed by atoms with Crippen LogP contribution in [0.2, 0.25) is 0 Å². The Labute approximate surface area is 155 Å². The number of rotatable bonds is 5. The number of aromatic nitrogens is 3. The van der Waals surface area contributed by atoms with Crippen LogP contribution < -0.4 is 4.74 Å². The minimum atomic E-state index is 0.318. The van der Waals surface area contributed by atoms with Gasteiger partial charge in [-0.2, -0.15) is 0 Å². The molecule has 0 amide bonds. The van der Waals surface area contributed by atoms with Gasteiger partial charge >= 0.3 is 0 Å². The highest BCUT2D eigenvalue weighted by atomic mass is 32.2. The Hall–Kier alpha value is -2.36. The monoisotopic (exact) mass is 365 g/mol. The lowest BCUT2D eigenvalue weighted by atomic mass is 10.2. The third-order valence-corrected chi connectivity index (χ3v) is 5.47. The minimum absolute atomic E-state index is 0.318. The number of hydrogen-bond donors (Lipinski definition) is 0. The summed E-state index contributed by atoms with van der Waals surface area (Å²) in [6, 6.07) is 19.3. The lowest BCUT2D eigenvalue weighted by molar-refractivity contribution is 0.483. The lowest BCUT2D eigenvalue weighted by Crippen LogP contribution is -2.04. The molecule has 3 aromatic rings. The standard InChI is InChI=1S/C19H15N3OS2/c1-24-19-21-20-18(17-8-5-13-25-17)22(19)14-9-11-16(12-10-14)23-15-6-3-2-4-7-15/h2-3,5-6,9-13,17H,8H2,1H3. The molecule has 0 aliphatic carbocycles. The van der Waals surface area contributed by atoms with Crippen LogP contribution in [0.5, 0.6) is 11.5 Å². The number of ether oxygens (including phenoxy) is 1. The van der Waals surface area contributed by atoms with E-state index in [0.29, 0.717) is 11.0 Å². The number of allylic oxidation sites excluding steroid dienone is 1. The van der Waals surface area contributed by atoms with Crippen LogP contribution in [0.4, 0.5) is 0 Å². The molecule has 0 bridgehead atoms. The van der Waals surface area contributed by atoms with Crippen LogP contribution in [-0.4, -0.2) is 21.0 Å². The predicted molar refractivity (Wildman–Crippen MR) is 101 cm³/mol. The molecule has 25 heavy (non-hydrogen) atoms. The molecule has 1 aromatic heterocycles. The second-order valence-corrected chi connectivity index (χ2v) is 7.25. The maximum absolute atomic E-state index is 5.79. The first-order chi connectivity index (χ1) is 12.3. The van der Waals surface area contributed by atoms with E-state index in [2.05, 4.69) is 38.4 Å². The van der Waals surface area contributed by atoms with E-state index >= 15 is 0 Å². The summed E-state index contributed by atoms with van der Waals surface area (Å²) in [7, 11) is 0. The van der Waals surface area contributed by atoms with Gasteiger partial charge in [0.05, 0.1) is 5.25 Å². The number of nitrogens with zero attached hydrogens (tertiary/aromatic N) is 3. The van der Waals surface area contributed by atoms with E-state index in [1.807, 2.05) is 42.7 Å². The molecular weight excluding hydrogens is 350 g/mol. The van der Waals surface area contributed by atoms with Crippen LogP contribution in [0.15, 0.2) is 59.1 Å². The lowest BCUT2D eigenvalue weighted by Gasteiger charge is -2.13. The Morgan fingerprint density at radius 1 is 1.24 bits per heavy atom. The molecule has 0 radical (unpaired) electrons. The molecule has 2 aromatic carbocycles. The van der Waals surface area contributed by atoms with Crippen LogP contribution in [0.1, 0.15) is 17.5 Å². The Kier molecular flexibility index (Phi) is 4.68. The van der Waals surface area contributed by atoms with Crippen LogP contribution in [0, 0.1) is 12.1 Å². The summed E-state index contributed by atoms with van der Waals surface area (Å²) in [6.07, 6.45) is 5.18. The van der Waals surface area contributed by atoms with Gasteiger partial charge in [0.15, 0.2) is 16.7 Å². The number of hydrogen-bond acceptors (Lipinski definition) is 5. The largest absolute Gasteiger partial charge is 0.448 e. The third kappa shape index (κ3) is 3.39. The SMILES string of the molecule is CSc1nnc(C2CC=CS2)n1-c1ccc(Oc2c#cccc2)cc1. The third-order valence-electron chi connectivity index (χ3n) is 3.76. The van der Waals surface area contributed by atoms with Gasteiger partial charge < -0.3 is 4.74 Å². The van der Waals surface area contributed by atoms with Crippen molar-refractivity contribution < 1.29 is 4.74 Å². The van der Waals surface area contributed by atoms with Crippen molar-refractivity contribution in [2.45, 2.75) is 16.8 Å². The van der Waals surface area contributed by atoms with Gasteiger partial charge in [0.1, 0.15) is 5.75 Å². The van der Waals surface area contributed by atoms with Gasteiger partial charge in [-0.25, -0.2) is 0 Å². The van der Waals surface area contributed by atoms with Crippen LogP contribution in [0.25, 0.3) is 5.69 Å². The summed E-state index contributed by atoms with van der Waals surface area (Å²) in [4.78, 5) is 0. The second kappa shape index (κ2) is 7.26. The van der Waals surface area contributed by atoms with E-state index in [1.165, 1.54) is 0 Å². The molecule has 1 unspecified atom stereocenters. The van der Waals surface area contributed by atoms with Gasteiger partial charge in [-0.3, -0.25) is 4.57 Å². The molecule has 0 saturated carbocycles. The van der Waals surface area contributed by atoms with Crippen molar-refractivity contribution in [3.63, 3.8) is 0 Å². The topological polar surface area (TPSA) is 39.9 Å². The van der Waals surface area contributed by atoms with E-state index < -0.39 is 0 Å². The molecular formula is C19H15N3OS2. The maximum Gasteiger partial charge on any atom is 0.195 e. The maximum atomic E-state index is 5.79. The Bertz CT molecular complexity index is 867. The molecule has 2 heterocycles. The van der Waals surface area contributed by atoms with Gasteiger partial charge in [0.2, 0.25) is 0 Å². The van der Waals surface area contributed by atoms with Crippen LogP contribution in [0.3, 0.4) is 0 Å². The molecule has 6 heteroatoms. The van der Waals surface area contributed by atoms with E-state index in [0.717, 1.165) is 28.8 Å². The molecule has 0 spiro atoms. The van der Waals surface area contributed by atoms with Gasteiger partial charge in [-0.15, -0.1) is 22.0 Å². The Balaban J connectivity index is 1.62. The summed E-state index contributed by atoms with van der Waals surface area (Å²) < 4.78 is 7.92. The summed E-state index contributed by atoms with van der Waals surface area (Å²) >= 11 is 3.38. The predicted octanol–water partition coefficient (Wildman–Crippen LogP) is 5.07. The molecule has 1 aliphatic rings. The Morgan fingerprint density at radius 2 is 2.12 bits per heavy atom. The van der Waals surface area contributed by atoms with E-state index in [4.69, 9.17) is 4.74 Å². The van der Waals surface area contributed by atoms with E-state index in [9.17, 15) is 0 Å².